The number of nitrogens with two attached hydrogens (primary N) is 1. The standard InChI is InChI=1S/C13H26N2O2.ClH/c1-4-6-12-10(2)7-5-8-15(12)13(16)11(14)9-17-3;/h10-12H,4-9,14H2,1-3H3;1H. The second kappa shape index (κ2) is 8.73. The summed E-state index contributed by atoms with van der Waals surface area (Å²) in [5, 5.41) is 0. The molecule has 4 nitrogen and oxygen atoms in total. The summed E-state index contributed by atoms with van der Waals surface area (Å²) in [6, 6.07) is -0.145. The number of nitrogens with zero attached hydrogens (tertiary/aromatic N) is 1. The minimum Gasteiger partial charge on any atom is -0.383 e. The fourth-order valence-corrected chi connectivity index (χ4v) is 2.72. The van der Waals surface area contributed by atoms with Gasteiger partial charge in [0, 0.05) is 19.7 Å². The summed E-state index contributed by atoms with van der Waals surface area (Å²) in [5.74, 6) is 0.638. The normalized spacial score (nSPS) is 25.4. The second-order valence-corrected chi connectivity index (χ2v) is 5.07. The number of hydrogen-bond acceptors (Lipinski definition) is 3. The molecule has 5 heteroatoms. The molecule has 1 saturated heterocycles. The maximum absolute atomic E-state index is 12.2. The number of ether oxygens (including phenoxy) is 1. The topological polar surface area (TPSA) is 55.6 Å². The number of carbonyl (C=O) groups is 1. The first-order valence-electron chi connectivity index (χ1n) is 6.66. The van der Waals surface area contributed by atoms with E-state index in [9.17, 15) is 4.79 Å². The van der Waals surface area contributed by atoms with Gasteiger partial charge in [-0.15, -0.1) is 12.4 Å². The van der Waals surface area contributed by atoms with Crippen LogP contribution in [0.3, 0.4) is 0 Å². The summed E-state index contributed by atoms with van der Waals surface area (Å²) in [5.41, 5.74) is 5.85. The molecule has 18 heavy (non-hydrogen) atoms. The van der Waals surface area contributed by atoms with Crippen molar-refractivity contribution in [3.05, 3.63) is 0 Å². The van der Waals surface area contributed by atoms with E-state index in [-0.39, 0.29) is 18.3 Å². The van der Waals surface area contributed by atoms with E-state index in [0.29, 0.717) is 18.6 Å². The third kappa shape index (κ3) is 4.41. The van der Waals surface area contributed by atoms with Crippen LogP contribution in [0, 0.1) is 5.92 Å². The number of likely N-dealkylation sites (tertiary alicyclic amines) is 1. The highest BCUT2D eigenvalue weighted by molar-refractivity contribution is 5.85. The molecule has 0 radical (unpaired) electrons. The first-order valence-corrected chi connectivity index (χ1v) is 6.66. The van der Waals surface area contributed by atoms with Gasteiger partial charge in [0.15, 0.2) is 0 Å². The SMILES string of the molecule is CCCC1C(C)CCCN1C(=O)C(N)COC.Cl. The number of carbonyl (C=O) groups excluding carboxylic acids is 1. The maximum atomic E-state index is 12.2. The number of halogens is 1. The molecule has 0 aromatic carbocycles. The van der Waals surface area contributed by atoms with Crippen molar-refractivity contribution < 1.29 is 9.53 Å². The van der Waals surface area contributed by atoms with Crippen LogP contribution in [-0.2, 0) is 9.53 Å². The first kappa shape index (κ1) is 17.7. The molecule has 1 aliphatic rings. The van der Waals surface area contributed by atoms with Crippen LogP contribution >= 0.6 is 12.4 Å². The predicted octanol–water partition coefficient (Wildman–Crippen LogP) is 1.81. The molecule has 1 rings (SSSR count). The van der Waals surface area contributed by atoms with Gasteiger partial charge in [-0.1, -0.05) is 20.3 Å². The van der Waals surface area contributed by atoms with Gasteiger partial charge in [-0.05, 0) is 25.2 Å². The molecule has 3 atom stereocenters. The van der Waals surface area contributed by atoms with Crippen molar-refractivity contribution in [1.82, 2.24) is 4.90 Å². The lowest BCUT2D eigenvalue weighted by molar-refractivity contribution is -0.139. The van der Waals surface area contributed by atoms with Crippen molar-refractivity contribution in [2.45, 2.75) is 51.6 Å². The van der Waals surface area contributed by atoms with Crippen LogP contribution in [0.25, 0.3) is 0 Å². The van der Waals surface area contributed by atoms with Gasteiger partial charge in [-0.25, -0.2) is 0 Å². The Balaban J connectivity index is 0.00000289. The van der Waals surface area contributed by atoms with E-state index in [1.807, 2.05) is 4.90 Å². The Morgan fingerprint density at radius 3 is 2.78 bits per heavy atom. The molecule has 1 heterocycles. The maximum Gasteiger partial charge on any atom is 0.242 e. The highest BCUT2D eigenvalue weighted by atomic mass is 35.5. The highest BCUT2D eigenvalue weighted by Gasteiger charge is 2.33. The van der Waals surface area contributed by atoms with Crippen LogP contribution in [-0.4, -0.2) is 43.2 Å². The Labute approximate surface area is 117 Å². The third-order valence-electron chi connectivity index (χ3n) is 3.65. The van der Waals surface area contributed by atoms with Crippen LogP contribution < -0.4 is 5.73 Å². The van der Waals surface area contributed by atoms with Gasteiger partial charge in [0.25, 0.3) is 0 Å². The Hall–Kier alpha value is -0.320. The molecule has 1 fully saturated rings. The van der Waals surface area contributed by atoms with Crippen LogP contribution in [0.1, 0.15) is 39.5 Å². The van der Waals surface area contributed by atoms with E-state index in [0.717, 1.165) is 25.8 Å². The van der Waals surface area contributed by atoms with E-state index in [2.05, 4.69) is 13.8 Å². The summed E-state index contributed by atoms with van der Waals surface area (Å²) < 4.78 is 4.97. The summed E-state index contributed by atoms with van der Waals surface area (Å²) in [7, 11) is 1.58. The van der Waals surface area contributed by atoms with Gasteiger partial charge < -0.3 is 15.4 Å². The summed E-state index contributed by atoms with van der Waals surface area (Å²) in [6.45, 7) is 5.56. The molecular formula is C13H27ClN2O2. The third-order valence-corrected chi connectivity index (χ3v) is 3.65. The lowest BCUT2D eigenvalue weighted by atomic mass is 9.87. The Kier molecular flexibility index (Phi) is 8.57. The molecule has 1 aliphatic heterocycles. The minimum atomic E-state index is -0.510. The zero-order valence-corrected chi connectivity index (χ0v) is 12.5. The average molecular weight is 279 g/mol. The van der Waals surface area contributed by atoms with Crippen molar-refractivity contribution in [3.8, 4) is 0 Å². The quantitative estimate of drug-likeness (QED) is 0.834. The van der Waals surface area contributed by atoms with E-state index >= 15 is 0 Å². The van der Waals surface area contributed by atoms with E-state index in [1.54, 1.807) is 7.11 Å². The van der Waals surface area contributed by atoms with Gasteiger partial charge in [0.2, 0.25) is 5.91 Å². The zero-order chi connectivity index (χ0) is 12.8. The van der Waals surface area contributed by atoms with Gasteiger partial charge >= 0.3 is 0 Å². The average Bonchev–Trinajstić information content (AvgIpc) is 2.31. The van der Waals surface area contributed by atoms with Crippen LogP contribution in [0.15, 0.2) is 0 Å². The molecule has 3 unspecified atom stereocenters. The number of hydrogen-bond donors (Lipinski definition) is 1. The van der Waals surface area contributed by atoms with E-state index in [4.69, 9.17) is 10.5 Å². The van der Waals surface area contributed by atoms with Gasteiger partial charge in [0.05, 0.1) is 6.61 Å². The Morgan fingerprint density at radius 2 is 2.22 bits per heavy atom. The van der Waals surface area contributed by atoms with Gasteiger partial charge in [-0.3, -0.25) is 4.79 Å². The first-order chi connectivity index (χ1) is 8.11. The molecular weight excluding hydrogens is 252 g/mol. The van der Waals surface area contributed by atoms with E-state index < -0.39 is 6.04 Å². The molecule has 0 saturated carbocycles. The number of amides is 1. The Morgan fingerprint density at radius 1 is 1.56 bits per heavy atom. The zero-order valence-electron chi connectivity index (χ0n) is 11.7. The molecule has 2 N–H and O–H groups in total. The fraction of sp³-hybridized carbons (Fsp3) is 0.923. The molecule has 108 valence electrons. The largest absolute Gasteiger partial charge is 0.383 e. The highest BCUT2D eigenvalue weighted by Crippen LogP contribution is 2.26. The Bertz CT molecular complexity index is 251. The van der Waals surface area contributed by atoms with Crippen molar-refractivity contribution in [2.24, 2.45) is 11.7 Å². The van der Waals surface area contributed by atoms with Crippen molar-refractivity contribution in [3.63, 3.8) is 0 Å². The summed E-state index contributed by atoms with van der Waals surface area (Å²) >= 11 is 0. The summed E-state index contributed by atoms with van der Waals surface area (Å²) in [4.78, 5) is 14.2. The van der Waals surface area contributed by atoms with Gasteiger partial charge in [0.1, 0.15) is 6.04 Å². The van der Waals surface area contributed by atoms with Crippen LogP contribution in [0.5, 0.6) is 0 Å². The van der Waals surface area contributed by atoms with Crippen molar-refractivity contribution >= 4 is 18.3 Å². The lowest BCUT2D eigenvalue weighted by Gasteiger charge is -2.41. The molecule has 0 aliphatic carbocycles. The minimum absolute atomic E-state index is 0. The molecule has 0 bridgehead atoms. The lowest BCUT2D eigenvalue weighted by Crippen LogP contribution is -2.54. The van der Waals surface area contributed by atoms with E-state index in [1.165, 1.54) is 6.42 Å². The second-order valence-electron chi connectivity index (χ2n) is 5.07. The number of piperidine rings is 1. The smallest absolute Gasteiger partial charge is 0.242 e. The fourth-order valence-electron chi connectivity index (χ4n) is 2.72. The molecule has 0 aromatic heterocycles. The molecule has 0 spiro atoms. The van der Waals surface area contributed by atoms with Gasteiger partial charge in [-0.2, -0.15) is 0 Å². The van der Waals surface area contributed by atoms with Crippen molar-refractivity contribution in [2.75, 3.05) is 20.3 Å². The molecule has 0 aromatic rings. The predicted molar refractivity (Wildman–Crippen MR) is 75.9 cm³/mol. The number of rotatable bonds is 5. The van der Waals surface area contributed by atoms with Crippen LogP contribution in [0.2, 0.25) is 0 Å². The van der Waals surface area contributed by atoms with Crippen LogP contribution in [0.4, 0.5) is 0 Å². The van der Waals surface area contributed by atoms with Crippen molar-refractivity contribution in [1.29, 1.82) is 0 Å². The monoisotopic (exact) mass is 278 g/mol. The number of methoxy groups -OCH3 is 1. The molecule has 1 amide bonds. The summed E-state index contributed by atoms with van der Waals surface area (Å²) in [6.07, 6.45) is 4.49.